The predicted molar refractivity (Wildman–Crippen MR) is 53.9 cm³/mol. The first-order valence-corrected chi connectivity index (χ1v) is 5.18. The second-order valence-electron chi connectivity index (χ2n) is 3.51. The highest BCUT2D eigenvalue weighted by molar-refractivity contribution is 5.84. The molecule has 4 N–H and O–H groups in total. The van der Waals surface area contributed by atoms with E-state index in [0.29, 0.717) is 6.54 Å². The fraction of sp³-hybridized carbons (Fsp3) is 0.778. The van der Waals surface area contributed by atoms with Crippen molar-refractivity contribution in [2.24, 2.45) is 0 Å². The average Bonchev–Trinajstić information content (AvgIpc) is 2.60. The number of aliphatic hydroxyl groups excluding tert-OH is 1. The number of halogens is 3. The Labute approximate surface area is 106 Å². The van der Waals surface area contributed by atoms with Crippen LogP contribution in [-0.4, -0.2) is 58.4 Å². The van der Waals surface area contributed by atoms with Crippen molar-refractivity contribution in [3.05, 3.63) is 0 Å². The van der Waals surface area contributed by atoms with Crippen LogP contribution in [0, 0.1) is 0 Å². The van der Waals surface area contributed by atoms with Gasteiger partial charge in [0.05, 0.1) is 6.61 Å². The number of aliphatic hydroxyl groups is 2. The molecule has 7 nitrogen and oxygen atoms in total. The number of aliphatic carboxylic acids is 1. The van der Waals surface area contributed by atoms with Gasteiger partial charge in [0.25, 0.3) is 11.7 Å². The lowest BCUT2D eigenvalue weighted by atomic mass is 10.1. The Morgan fingerprint density at radius 3 is 2.21 bits per heavy atom. The van der Waals surface area contributed by atoms with Crippen molar-refractivity contribution >= 4 is 11.9 Å². The summed E-state index contributed by atoms with van der Waals surface area (Å²) in [6.07, 6.45) is -5.92. The number of carbonyl (C=O) groups is 2. The van der Waals surface area contributed by atoms with Gasteiger partial charge in [0.15, 0.2) is 0 Å². The minimum Gasteiger partial charge on any atom is -0.475 e. The van der Waals surface area contributed by atoms with Crippen molar-refractivity contribution in [1.82, 2.24) is 5.32 Å². The number of amides is 1. The molecular weight excluding hydrogens is 275 g/mol. The lowest BCUT2D eigenvalue weighted by Crippen LogP contribution is -2.53. The summed E-state index contributed by atoms with van der Waals surface area (Å²) >= 11 is 0. The van der Waals surface area contributed by atoms with Crippen molar-refractivity contribution in [3.8, 4) is 0 Å². The predicted octanol–water partition coefficient (Wildman–Crippen LogP) is -0.774. The molecule has 1 aliphatic heterocycles. The lowest BCUT2D eigenvalue weighted by molar-refractivity contribution is -0.213. The minimum atomic E-state index is -5.08. The lowest BCUT2D eigenvalue weighted by Gasteiger charge is -2.23. The fourth-order valence-electron chi connectivity index (χ4n) is 1.12. The summed E-state index contributed by atoms with van der Waals surface area (Å²) in [5.74, 6) is -5.46. The normalized spacial score (nSPS) is 26.3. The molecule has 2 unspecified atom stereocenters. The van der Waals surface area contributed by atoms with E-state index < -0.39 is 29.9 Å². The average molecular weight is 289 g/mol. The highest BCUT2D eigenvalue weighted by Crippen LogP contribution is 2.23. The topological polar surface area (TPSA) is 116 Å². The Balaban J connectivity index is 0.000000399. The number of likely N-dealkylation sites (N-methyl/N-ethyl adjacent to an activating group) is 1. The van der Waals surface area contributed by atoms with E-state index in [1.165, 1.54) is 0 Å². The molecule has 0 aromatic rings. The van der Waals surface area contributed by atoms with E-state index in [-0.39, 0.29) is 13.0 Å². The van der Waals surface area contributed by atoms with Gasteiger partial charge >= 0.3 is 12.1 Å². The van der Waals surface area contributed by atoms with Crippen molar-refractivity contribution < 1.29 is 42.8 Å². The maximum atomic E-state index is 11.1. The number of rotatable bonds is 2. The van der Waals surface area contributed by atoms with Crippen LogP contribution in [0.15, 0.2) is 0 Å². The monoisotopic (exact) mass is 289 g/mol. The van der Waals surface area contributed by atoms with E-state index in [4.69, 9.17) is 14.6 Å². The largest absolute Gasteiger partial charge is 0.490 e. The number of alkyl halides is 3. The molecular formula is C9H14F3NO6. The summed E-state index contributed by atoms with van der Waals surface area (Å²) in [6, 6.07) is 0. The molecule has 1 saturated heterocycles. The molecule has 0 saturated carbocycles. The van der Waals surface area contributed by atoms with E-state index in [9.17, 15) is 28.2 Å². The van der Waals surface area contributed by atoms with Gasteiger partial charge in [0.1, 0.15) is 6.10 Å². The van der Waals surface area contributed by atoms with E-state index in [1.54, 1.807) is 6.92 Å². The number of carboxylic acids is 1. The van der Waals surface area contributed by atoms with Gasteiger partial charge in [-0.1, -0.05) is 0 Å². The highest BCUT2D eigenvalue weighted by Gasteiger charge is 2.48. The Kier molecular flexibility index (Phi) is 6.19. The fourth-order valence-corrected chi connectivity index (χ4v) is 1.12. The zero-order valence-corrected chi connectivity index (χ0v) is 9.90. The van der Waals surface area contributed by atoms with Crippen LogP contribution in [0.25, 0.3) is 0 Å². The van der Waals surface area contributed by atoms with Crippen LogP contribution >= 0.6 is 0 Å². The smallest absolute Gasteiger partial charge is 0.475 e. The summed E-state index contributed by atoms with van der Waals surface area (Å²) in [4.78, 5) is 20.0. The van der Waals surface area contributed by atoms with Crippen LogP contribution in [0.3, 0.4) is 0 Å². The Morgan fingerprint density at radius 1 is 1.47 bits per heavy atom. The van der Waals surface area contributed by atoms with Gasteiger partial charge in [-0.25, -0.2) is 4.79 Å². The van der Waals surface area contributed by atoms with Gasteiger partial charge in [-0.2, -0.15) is 13.2 Å². The summed E-state index contributed by atoms with van der Waals surface area (Å²) < 4.78 is 36.5. The maximum absolute atomic E-state index is 11.1. The molecule has 1 aliphatic rings. The number of carbonyl (C=O) groups excluding carboxylic acids is 1. The molecule has 0 aliphatic carbocycles. The SMILES string of the molecule is CCNC(=O)C1(O)OCCC1O.O=C(O)C(F)(F)F. The quantitative estimate of drug-likeness (QED) is 0.530. The Bertz CT molecular complexity index is 334. The Morgan fingerprint density at radius 2 is 1.95 bits per heavy atom. The summed E-state index contributed by atoms with van der Waals surface area (Å²) in [5.41, 5.74) is 0. The first-order chi connectivity index (χ1) is 8.55. The number of hydrogen-bond donors (Lipinski definition) is 4. The summed E-state index contributed by atoms with van der Waals surface area (Å²) in [7, 11) is 0. The molecule has 1 heterocycles. The van der Waals surface area contributed by atoms with Gasteiger partial charge in [0, 0.05) is 13.0 Å². The van der Waals surface area contributed by atoms with E-state index in [1.807, 2.05) is 0 Å². The van der Waals surface area contributed by atoms with Crippen LogP contribution in [0.4, 0.5) is 13.2 Å². The van der Waals surface area contributed by atoms with Gasteiger partial charge in [-0.05, 0) is 6.92 Å². The second kappa shape index (κ2) is 6.68. The summed E-state index contributed by atoms with van der Waals surface area (Å²) in [5, 5.41) is 28.2. The first kappa shape index (κ1) is 17.6. The highest BCUT2D eigenvalue weighted by atomic mass is 19.4. The molecule has 0 spiro atoms. The molecule has 1 fully saturated rings. The number of carboxylic acid groups (broad SMARTS) is 1. The zero-order chi connectivity index (χ0) is 15.3. The second-order valence-corrected chi connectivity index (χ2v) is 3.51. The van der Waals surface area contributed by atoms with E-state index >= 15 is 0 Å². The molecule has 112 valence electrons. The van der Waals surface area contributed by atoms with Crippen LogP contribution in [0.2, 0.25) is 0 Å². The van der Waals surface area contributed by atoms with Gasteiger partial charge < -0.3 is 25.4 Å². The molecule has 1 amide bonds. The van der Waals surface area contributed by atoms with E-state index in [0.717, 1.165) is 0 Å². The number of nitrogens with one attached hydrogen (secondary N) is 1. The Hall–Kier alpha value is -1.39. The standard InChI is InChI=1S/C7H13NO4.C2HF3O2/c1-2-8-6(10)7(11)5(9)3-4-12-7;3-2(4,5)1(6)7/h5,9,11H,2-4H2,1H3,(H,8,10);(H,6,7). The minimum absolute atomic E-state index is 0.203. The number of hydrogen-bond acceptors (Lipinski definition) is 5. The van der Waals surface area contributed by atoms with E-state index in [2.05, 4.69) is 5.32 Å². The third-order valence-electron chi connectivity index (χ3n) is 2.07. The third kappa shape index (κ3) is 5.01. The van der Waals surface area contributed by atoms with Crippen molar-refractivity contribution in [1.29, 1.82) is 0 Å². The van der Waals surface area contributed by atoms with Crippen molar-refractivity contribution in [2.75, 3.05) is 13.2 Å². The number of ether oxygens (including phenoxy) is 1. The molecule has 19 heavy (non-hydrogen) atoms. The molecule has 0 aromatic carbocycles. The first-order valence-electron chi connectivity index (χ1n) is 5.18. The van der Waals surface area contributed by atoms with Crippen LogP contribution in [0.5, 0.6) is 0 Å². The van der Waals surface area contributed by atoms with Crippen LogP contribution in [-0.2, 0) is 14.3 Å². The molecule has 0 radical (unpaired) electrons. The van der Waals surface area contributed by atoms with Crippen LogP contribution < -0.4 is 5.32 Å². The van der Waals surface area contributed by atoms with Crippen molar-refractivity contribution in [2.45, 2.75) is 31.4 Å². The summed E-state index contributed by atoms with van der Waals surface area (Å²) in [6.45, 7) is 2.33. The zero-order valence-electron chi connectivity index (χ0n) is 9.90. The maximum Gasteiger partial charge on any atom is 0.490 e. The molecule has 10 heteroatoms. The van der Waals surface area contributed by atoms with Crippen molar-refractivity contribution in [3.63, 3.8) is 0 Å². The van der Waals surface area contributed by atoms with Gasteiger partial charge in [-0.3, -0.25) is 4.79 Å². The molecule has 2 atom stereocenters. The van der Waals surface area contributed by atoms with Crippen LogP contribution in [0.1, 0.15) is 13.3 Å². The molecule has 0 bridgehead atoms. The third-order valence-corrected chi connectivity index (χ3v) is 2.07. The van der Waals surface area contributed by atoms with Gasteiger partial charge in [-0.15, -0.1) is 0 Å². The van der Waals surface area contributed by atoms with Gasteiger partial charge in [0.2, 0.25) is 0 Å². The molecule has 0 aromatic heterocycles. The molecule has 1 rings (SSSR count).